The summed E-state index contributed by atoms with van der Waals surface area (Å²) in [6, 6.07) is 20.7. The number of nitrogens with zero attached hydrogens (tertiary/aromatic N) is 2. The second-order valence-corrected chi connectivity index (χ2v) is 11.0. The van der Waals surface area contributed by atoms with Gasteiger partial charge in [0.1, 0.15) is 16.4 Å². The first-order chi connectivity index (χ1) is 18.9. The smallest absolute Gasteiger partial charge is 0.263 e. The van der Waals surface area contributed by atoms with Gasteiger partial charge in [0.15, 0.2) is 6.10 Å². The molecule has 2 amide bonds. The summed E-state index contributed by atoms with van der Waals surface area (Å²) in [5.41, 5.74) is 1.56. The highest BCUT2D eigenvalue weighted by Gasteiger charge is 2.35. The zero-order valence-corrected chi connectivity index (χ0v) is 22.2. The molecule has 204 valence electrons. The van der Waals surface area contributed by atoms with Gasteiger partial charge in [0, 0.05) is 25.2 Å². The summed E-state index contributed by atoms with van der Waals surface area (Å²) in [6.07, 6.45) is -0.956. The van der Waals surface area contributed by atoms with Gasteiger partial charge in [-0.05, 0) is 35.9 Å². The van der Waals surface area contributed by atoms with Gasteiger partial charge < -0.3 is 24.4 Å². The minimum atomic E-state index is -3.94. The van der Waals surface area contributed by atoms with Crippen molar-refractivity contribution in [1.82, 2.24) is 9.62 Å². The van der Waals surface area contributed by atoms with E-state index < -0.39 is 22.0 Å². The fourth-order valence-electron chi connectivity index (χ4n) is 4.56. The Kier molecular flexibility index (Phi) is 7.82. The third-order valence-electron chi connectivity index (χ3n) is 6.62. The van der Waals surface area contributed by atoms with Gasteiger partial charge in [-0.3, -0.25) is 9.59 Å². The number of benzene rings is 3. The Balaban J connectivity index is 1.42. The lowest BCUT2D eigenvalue weighted by atomic mass is 10.1. The first-order valence-corrected chi connectivity index (χ1v) is 14.0. The number of hydrogen-bond acceptors (Lipinski definition) is 7. The number of carbonyl (C=O) groups excluding carboxylic acids is 2. The van der Waals surface area contributed by atoms with E-state index in [0.717, 1.165) is 5.56 Å². The van der Waals surface area contributed by atoms with Crippen LogP contribution in [0.15, 0.2) is 77.7 Å². The zero-order chi connectivity index (χ0) is 27.4. The lowest BCUT2D eigenvalue weighted by Gasteiger charge is -2.34. The van der Waals surface area contributed by atoms with Crippen LogP contribution in [-0.2, 0) is 26.1 Å². The summed E-state index contributed by atoms with van der Waals surface area (Å²) in [7, 11) is -2.56. The number of rotatable bonds is 7. The van der Waals surface area contributed by atoms with Crippen LogP contribution in [0.5, 0.6) is 11.5 Å². The largest absolute Gasteiger partial charge is 0.495 e. The van der Waals surface area contributed by atoms with Crippen LogP contribution in [-0.4, -0.2) is 70.6 Å². The number of carbonyl (C=O) groups is 2. The van der Waals surface area contributed by atoms with E-state index in [1.165, 1.54) is 34.5 Å². The average molecular weight is 552 g/mol. The van der Waals surface area contributed by atoms with E-state index in [-0.39, 0.29) is 41.7 Å². The minimum absolute atomic E-state index is 0.0476. The maximum absolute atomic E-state index is 13.8. The number of methoxy groups -OCH3 is 1. The van der Waals surface area contributed by atoms with E-state index in [9.17, 15) is 18.0 Å². The molecule has 1 fully saturated rings. The van der Waals surface area contributed by atoms with Crippen molar-refractivity contribution in [1.29, 1.82) is 0 Å². The van der Waals surface area contributed by atoms with Crippen LogP contribution >= 0.6 is 0 Å². The molecule has 11 heteroatoms. The number of nitrogens with one attached hydrogen (secondary N) is 1. The highest BCUT2D eigenvalue weighted by molar-refractivity contribution is 7.89. The molecule has 0 saturated carbocycles. The van der Waals surface area contributed by atoms with E-state index in [1.807, 2.05) is 30.3 Å². The van der Waals surface area contributed by atoms with E-state index in [2.05, 4.69) is 5.32 Å². The van der Waals surface area contributed by atoms with Crippen molar-refractivity contribution in [2.24, 2.45) is 0 Å². The molecular weight excluding hydrogens is 522 g/mol. The number of hydrogen-bond donors (Lipinski definition) is 1. The van der Waals surface area contributed by atoms with Crippen LogP contribution in [0, 0.1) is 0 Å². The lowest BCUT2D eigenvalue weighted by Crippen LogP contribution is -2.50. The molecular formula is C28H29N3O7S. The fourth-order valence-corrected chi connectivity index (χ4v) is 6.14. The molecule has 3 aromatic carbocycles. The summed E-state index contributed by atoms with van der Waals surface area (Å²) in [6.45, 7) is 1.27. The highest BCUT2D eigenvalue weighted by atomic mass is 32.2. The van der Waals surface area contributed by atoms with E-state index in [4.69, 9.17) is 14.2 Å². The molecule has 2 aliphatic heterocycles. The molecule has 2 heterocycles. The monoisotopic (exact) mass is 551 g/mol. The molecule has 1 saturated heterocycles. The third-order valence-corrected chi connectivity index (χ3v) is 8.54. The SMILES string of the molecule is COc1ccc(C(=O)N2C[C@@H](C(=O)NCc3ccccc3)Oc3ccccc32)cc1S(=O)(=O)N1CCOCC1. The third kappa shape index (κ3) is 5.60. The summed E-state index contributed by atoms with van der Waals surface area (Å²) in [5.74, 6) is -0.311. The number of sulfonamides is 1. The lowest BCUT2D eigenvalue weighted by molar-refractivity contribution is -0.128. The Bertz CT molecular complexity index is 1460. The number of morpholine rings is 1. The van der Waals surface area contributed by atoms with Gasteiger partial charge in [-0.15, -0.1) is 0 Å². The highest BCUT2D eigenvalue weighted by Crippen LogP contribution is 2.35. The fraction of sp³-hybridized carbons (Fsp3) is 0.286. The molecule has 3 aromatic rings. The normalized spacial score (nSPS) is 17.6. The van der Waals surface area contributed by atoms with Crippen LogP contribution in [0.3, 0.4) is 0 Å². The summed E-state index contributed by atoms with van der Waals surface area (Å²) >= 11 is 0. The second-order valence-electron chi connectivity index (χ2n) is 9.08. The van der Waals surface area contributed by atoms with Crippen molar-refractivity contribution in [3.63, 3.8) is 0 Å². The molecule has 2 aliphatic rings. The molecule has 0 aromatic heterocycles. The van der Waals surface area contributed by atoms with Crippen LogP contribution in [0.2, 0.25) is 0 Å². The maximum Gasteiger partial charge on any atom is 0.263 e. The van der Waals surface area contributed by atoms with Crippen molar-refractivity contribution in [2.45, 2.75) is 17.5 Å². The van der Waals surface area contributed by atoms with Gasteiger partial charge in [0.2, 0.25) is 10.0 Å². The number of para-hydroxylation sites is 2. The first-order valence-electron chi connectivity index (χ1n) is 12.5. The van der Waals surface area contributed by atoms with Crippen molar-refractivity contribution in [2.75, 3.05) is 44.9 Å². The summed E-state index contributed by atoms with van der Waals surface area (Å²) in [5, 5.41) is 2.87. The van der Waals surface area contributed by atoms with Crippen LogP contribution in [0.4, 0.5) is 5.69 Å². The van der Waals surface area contributed by atoms with Crippen molar-refractivity contribution < 1.29 is 32.2 Å². The zero-order valence-electron chi connectivity index (χ0n) is 21.4. The molecule has 10 nitrogen and oxygen atoms in total. The van der Waals surface area contributed by atoms with Crippen LogP contribution < -0.4 is 19.7 Å². The predicted octanol–water partition coefficient (Wildman–Crippen LogP) is 2.44. The van der Waals surface area contributed by atoms with Gasteiger partial charge in [0.05, 0.1) is 32.6 Å². The minimum Gasteiger partial charge on any atom is -0.495 e. The molecule has 0 radical (unpaired) electrons. The number of anilines is 1. The van der Waals surface area contributed by atoms with Crippen LogP contribution in [0.1, 0.15) is 15.9 Å². The molecule has 0 bridgehead atoms. The molecule has 39 heavy (non-hydrogen) atoms. The van der Waals surface area contributed by atoms with Crippen molar-refractivity contribution >= 4 is 27.5 Å². The van der Waals surface area contributed by atoms with E-state index in [0.29, 0.717) is 31.2 Å². The Morgan fingerprint density at radius 2 is 1.72 bits per heavy atom. The van der Waals surface area contributed by atoms with Gasteiger partial charge in [-0.25, -0.2) is 8.42 Å². The Morgan fingerprint density at radius 3 is 2.46 bits per heavy atom. The summed E-state index contributed by atoms with van der Waals surface area (Å²) < 4.78 is 44.8. The first kappa shape index (κ1) is 26.7. The molecule has 0 spiro atoms. The Morgan fingerprint density at radius 1 is 1.00 bits per heavy atom. The quantitative estimate of drug-likeness (QED) is 0.480. The summed E-state index contributed by atoms with van der Waals surface area (Å²) in [4.78, 5) is 28.2. The van der Waals surface area contributed by atoms with Crippen LogP contribution in [0.25, 0.3) is 0 Å². The molecule has 1 N–H and O–H groups in total. The van der Waals surface area contributed by atoms with Gasteiger partial charge in [0.25, 0.3) is 11.8 Å². The molecule has 5 rings (SSSR count). The predicted molar refractivity (Wildman–Crippen MR) is 143 cm³/mol. The topological polar surface area (TPSA) is 114 Å². The number of amides is 2. The second kappa shape index (κ2) is 11.4. The van der Waals surface area contributed by atoms with Gasteiger partial charge in [-0.1, -0.05) is 42.5 Å². The van der Waals surface area contributed by atoms with Crippen molar-refractivity contribution in [3.05, 3.63) is 83.9 Å². The number of ether oxygens (including phenoxy) is 3. The Labute approximate surface area is 227 Å². The standard InChI is InChI=1S/C28H29N3O7S/c1-36-24-12-11-21(17-26(24)39(34,35)30-13-15-37-16-14-30)28(33)31-19-25(38-23-10-6-5-9-22(23)31)27(32)29-18-20-7-3-2-4-8-20/h2-12,17,25H,13-16,18-19H2,1H3,(H,29,32)/t25-/m0/s1. The van der Waals surface area contributed by atoms with E-state index >= 15 is 0 Å². The molecule has 0 unspecified atom stereocenters. The average Bonchev–Trinajstić information content (AvgIpc) is 2.99. The van der Waals surface area contributed by atoms with Crippen molar-refractivity contribution in [3.8, 4) is 11.5 Å². The molecule has 0 aliphatic carbocycles. The van der Waals surface area contributed by atoms with Gasteiger partial charge in [-0.2, -0.15) is 4.31 Å². The maximum atomic E-state index is 13.8. The van der Waals surface area contributed by atoms with Gasteiger partial charge >= 0.3 is 0 Å². The Hall–Kier alpha value is -3.93. The number of fused-ring (bicyclic) bond motifs is 1. The van der Waals surface area contributed by atoms with E-state index in [1.54, 1.807) is 24.3 Å². The molecule has 1 atom stereocenters.